The highest BCUT2D eigenvalue weighted by molar-refractivity contribution is 5.69. The summed E-state index contributed by atoms with van der Waals surface area (Å²) in [4.78, 5) is 24.3. The Morgan fingerprint density at radius 2 is 0.804 bits per heavy atom. The molecular weight excluding hydrogens is 568 g/mol. The van der Waals surface area contributed by atoms with Crippen molar-refractivity contribution < 1.29 is 19.1 Å². The van der Waals surface area contributed by atoms with Crippen LogP contribution in [0.25, 0.3) is 0 Å². The Hall–Kier alpha value is -2.62. The summed E-state index contributed by atoms with van der Waals surface area (Å²) in [6.07, 6.45) is 23.7. The van der Waals surface area contributed by atoms with Gasteiger partial charge < -0.3 is 9.47 Å². The van der Waals surface area contributed by atoms with Crippen LogP contribution >= 0.6 is 0 Å². The topological polar surface area (TPSA) is 52.6 Å². The van der Waals surface area contributed by atoms with Gasteiger partial charge in [-0.15, -0.1) is 0 Å². The molecular formula is C42H66O4. The molecule has 0 aliphatic heterocycles. The molecule has 4 heteroatoms. The van der Waals surface area contributed by atoms with Crippen LogP contribution in [0, 0.1) is 0 Å². The van der Waals surface area contributed by atoms with Crippen molar-refractivity contribution in [1.29, 1.82) is 0 Å². The minimum atomic E-state index is -0.0310. The summed E-state index contributed by atoms with van der Waals surface area (Å²) < 4.78 is 10.9. The first kappa shape index (κ1) is 39.6. The summed E-state index contributed by atoms with van der Waals surface area (Å²) in [7, 11) is 0. The van der Waals surface area contributed by atoms with Crippen LogP contribution in [0.2, 0.25) is 0 Å². The van der Waals surface area contributed by atoms with Crippen LogP contribution in [0.3, 0.4) is 0 Å². The van der Waals surface area contributed by atoms with Crippen LogP contribution in [-0.4, -0.2) is 25.2 Å². The number of rotatable bonds is 29. The Bertz CT molecular complexity index is 908. The quantitative estimate of drug-likeness (QED) is 0.0660. The average molecular weight is 635 g/mol. The number of ether oxygens (including phenoxy) is 2. The Balaban J connectivity index is 1.77. The summed E-state index contributed by atoms with van der Waals surface area (Å²) >= 11 is 0. The predicted octanol–water partition coefficient (Wildman–Crippen LogP) is 12.3. The lowest BCUT2D eigenvalue weighted by Crippen LogP contribution is -2.12. The van der Waals surface area contributed by atoms with E-state index < -0.39 is 0 Å². The van der Waals surface area contributed by atoms with E-state index in [4.69, 9.17) is 9.47 Å². The molecule has 0 aliphatic rings. The van der Waals surface area contributed by atoms with Gasteiger partial charge in [-0.05, 0) is 61.5 Å². The molecule has 0 N–H and O–H groups in total. The number of carbonyl (C=O) groups excluding carboxylic acids is 2. The molecule has 46 heavy (non-hydrogen) atoms. The van der Waals surface area contributed by atoms with Crippen molar-refractivity contribution in [1.82, 2.24) is 0 Å². The molecule has 0 aliphatic carbocycles. The van der Waals surface area contributed by atoms with Gasteiger partial charge in [-0.25, -0.2) is 0 Å². The molecule has 0 fully saturated rings. The van der Waals surface area contributed by atoms with E-state index in [1.807, 2.05) is 0 Å². The lowest BCUT2D eigenvalue weighted by molar-refractivity contribution is -0.144. The lowest BCUT2D eigenvalue weighted by atomic mass is 9.76. The molecule has 0 amide bonds. The van der Waals surface area contributed by atoms with Crippen LogP contribution in [0.15, 0.2) is 60.7 Å². The minimum Gasteiger partial charge on any atom is -0.466 e. The van der Waals surface area contributed by atoms with Gasteiger partial charge in [0.2, 0.25) is 0 Å². The SMILES string of the molecule is CCCCCCCOC(=O)CCCCCCC(c1ccccc1)C(CCCCCCC(=O)OCCCCCCC)c1ccccc1. The third-order valence-corrected chi connectivity index (χ3v) is 9.26. The van der Waals surface area contributed by atoms with E-state index in [2.05, 4.69) is 74.5 Å². The fourth-order valence-electron chi connectivity index (χ4n) is 6.50. The van der Waals surface area contributed by atoms with Gasteiger partial charge in [-0.3, -0.25) is 9.59 Å². The Morgan fingerprint density at radius 3 is 1.20 bits per heavy atom. The molecule has 0 bridgehead atoms. The van der Waals surface area contributed by atoms with Crippen LogP contribution in [-0.2, 0) is 19.1 Å². The van der Waals surface area contributed by atoms with E-state index in [9.17, 15) is 9.59 Å². The van der Waals surface area contributed by atoms with Crippen molar-refractivity contribution in [2.45, 2.75) is 167 Å². The average Bonchev–Trinajstić information content (AvgIpc) is 3.08. The fraction of sp³-hybridized carbons (Fsp3) is 0.667. The van der Waals surface area contributed by atoms with E-state index >= 15 is 0 Å². The first-order valence-electron chi connectivity index (χ1n) is 19.1. The van der Waals surface area contributed by atoms with Gasteiger partial charge in [0, 0.05) is 12.8 Å². The number of unbranched alkanes of at least 4 members (excludes halogenated alkanes) is 14. The molecule has 0 heterocycles. The van der Waals surface area contributed by atoms with Crippen molar-refractivity contribution >= 4 is 11.9 Å². The number of carbonyl (C=O) groups is 2. The van der Waals surface area contributed by atoms with Crippen LogP contribution in [0.1, 0.15) is 178 Å². The Labute approximate surface area is 282 Å². The van der Waals surface area contributed by atoms with Crippen LogP contribution in [0.4, 0.5) is 0 Å². The van der Waals surface area contributed by atoms with Gasteiger partial charge in [-0.1, -0.05) is 164 Å². The number of hydrogen-bond acceptors (Lipinski definition) is 4. The molecule has 0 radical (unpaired) electrons. The van der Waals surface area contributed by atoms with E-state index in [0.29, 0.717) is 37.9 Å². The normalized spacial score (nSPS) is 12.5. The van der Waals surface area contributed by atoms with E-state index in [1.54, 1.807) is 0 Å². The van der Waals surface area contributed by atoms with Crippen LogP contribution in [0.5, 0.6) is 0 Å². The zero-order valence-electron chi connectivity index (χ0n) is 29.5. The van der Waals surface area contributed by atoms with Gasteiger partial charge in [-0.2, -0.15) is 0 Å². The second-order valence-electron chi connectivity index (χ2n) is 13.2. The molecule has 4 nitrogen and oxygen atoms in total. The first-order chi connectivity index (χ1) is 22.7. The second kappa shape index (κ2) is 27.5. The molecule has 0 aromatic heterocycles. The van der Waals surface area contributed by atoms with E-state index in [1.165, 1.54) is 49.7 Å². The highest BCUT2D eigenvalue weighted by atomic mass is 16.5. The fourth-order valence-corrected chi connectivity index (χ4v) is 6.50. The Kier molecular flexibility index (Phi) is 23.6. The maximum absolute atomic E-state index is 12.1. The van der Waals surface area contributed by atoms with Crippen molar-refractivity contribution in [2.75, 3.05) is 13.2 Å². The van der Waals surface area contributed by atoms with Gasteiger partial charge in [0.1, 0.15) is 0 Å². The number of benzene rings is 2. The first-order valence-corrected chi connectivity index (χ1v) is 19.1. The summed E-state index contributed by atoms with van der Waals surface area (Å²) in [6.45, 7) is 5.59. The maximum atomic E-state index is 12.1. The summed E-state index contributed by atoms with van der Waals surface area (Å²) in [5.41, 5.74) is 2.85. The molecule has 0 saturated heterocycles. The van der Waals surface area contributed by atoms with Gasteiger partial charge in [0.25, 0.3) is 0 Å². The Morgan fingerprint density at radius 1 is 0.457 bits per heavy atom. The number of esters is 2. The predicted molar refractivity (Wildman–Crippen MR) is 193 cm³/mol. The van der Waals surface area contributed by atoms with E-state index in [-0.39, 0.29) is 11.9 Å². The zero-order chi connectivity index (χ0) is 32.9. The molecule has 2 aromatic carbocycles. The highest BCUT2D eigenvalue weighted by Crippen LogP contribution is 2.40. The largest absolute Gasteiger partial charge is 0.466 e. The molecule has 2 aromatic rings. The van der Waals surface area contributed by atoms with Crippen molar-refractivity contribution in [3.8, 4) is 0 Å². The zero-order valence-corrected chi connectivity index (χ0v) is 29.5. The third-order valence-electron chi connectivity index (χ3n) is 9.26. The molecule has 2 unspecified atom stereocenters. The molecule has 0 spiro atoms. The second-order valence-corrected chi connectivity index (χ2v) is 13.2. The smallest absolute Gasteiger partial charge is 0.305 e. The van der Waals surface area contributed by atoms with E-state index in [0.717, 1.165) is 89.9 Å². The lowest BCUT2D eigenvalue weighted by Gasteiger charge is -2.29. The van der Waals surface area contributed by atoms with Crippen molar-refractivity contribution in [3.63, 3.8) is 0 Å². The molecule has 258 valence electrons. The van der Waals surface area contributed by atoms with Crippen molar-refractivity contribution in [3.05, 3.63) is 71.8 Å². The molecule has 0 saturated carbocycles. The standard InChI is InChI=1S/C42H66O4/c1-3-5-7-13-25-35-45-41(43)33-23-11-9-21-31-39(37-27-17-15-18-28-37)40(38-29-19-16-20-30-38)32-22-10-12-24-34-42(44)46-36-26-14-8-6-4-2/h15-20,27-30,39-40H,3-14,21-26,31-36H2,1-2H3. The summed E-state index contributed by atoms with van der Waals surface area (Å²) in [5, 5.41) is 0. The summed E-state index contributed by atoms with van der Waals surface area (Å²) in [5.74, 6) is 0.870. The van der Waals surface area contributed by atoms with Gasteiger partial charge >= 0.3 is 11.9 Å². The molecule has 2 atom stereocenters. The third kappa shape index (κ3) is 19.1. The number of hydrogen-bond donors (Lipinski definition) is 0. The monoisotopic (exact) mass is 634 g/mol. The molecule has 2 rings (SSSR count). The van der Waals surface area contributed by atoms with Crippen LogP contribution < -0.4 is 0 Å². The van der Waals surface area contributed by atoms with Crippen molar-refractivity contribution in [2.24, 2.45) is 0 Å². The highest BCUT2D eigenvalue weighted by Gasteiger charge is 2.24. The summed E-state index contributed by atoms with van der Waals surface area (Å²) in [6, 6.07) is 22.1. The van der Waals surface area contributed by atoms with Gasteiger partial charge in [0.05, 0.1) is 13.2 Å². The minimum absolute atomic E-state index is 0.0310. The maximum Gasteiger partial charge on any atom is 0.305 e. The van der Waals surface area contributed by atoms with Gasteiger partial charge in [0.15, 0.2) is 0 Å².